The molecule has 2 amide bonds. The minimum absolute atomic E-state index is 0.0477. The van der Waals surface area contributed by atoms with Gasteiger partial charge in [-0.3, -0.25) is 14.3 Å². The molecular weight excluding hydrogens is 308 g/mol. The second-order valence-corrected chi connectivity index (χ2v) is 6.48. The van der Waals surface area contributed by atoms with Gasteiger partial charge in [0, 0.05) is 25.1 Å². The van der Waals surface area contributed by atoms with Gasteiger partial charge in [-0.25, -0.2) is 13.8 Å². The summed E-state index contributed by atoms with van der Waals surface area (Å²) in [6, 6.07) is 8.48. The Labute approximate surface area is 128 Å². The van der Waals surface area contributed by atoms with Gasteiger partial charge in [0.15, 0.2) is 0 Å². The van der Waals surface area contributed by atoms with E-state index in [1.165, 1.54) is 0 Å². The number of amides is 2. The van der Waals surface area contributed by atoms with Crippen molar-refractivity contribution in [1.29, 1.82) is 0 Å². The number of hydrogen-bond acceptors (Lipinski definition) is 5. The zero-order valence-electron chi connectivity index (χ0n) is 11.7. The fraction of sp³-hybridized carbons (Fsp3) is 0.308. The summed E-state index contributed by atoms with van der Waals surface area (Å²) in [5, 5.41) is 6.10. The lowest BCUT2D eigenvalue weighted by molar-refractivity contribution is -0.121. The molecule has 22 heavy (non-hydrogen) atoms. The van der Waals surface area contributed by atoms with Crippen LogP contribution in [0.5, 0.6) is 0 Å². The number of sulfonamides is 1. The average Bonchev–Trinajstić information content (AvgIpc) is 2.48. The van der Waals surface area contributed by atoms with Gasteiger partial charge >= 0.3 is 0 Å². The van der Waals surface area contributed by atoms with Gasteiger partial charge < -0.3 is 5.32 Å². The smallest absolute Gasteiger partial charge is 0.267 e. The SMILES string of the molecule is O=C1CCC(C(=O)NCCS(=O)(=O)Nc2ccccc2)=NN1. The number of rotatable bonds is 6. The molecule has 3 N–H and O–H groups in total. The van der Waals surface area contributed by atoms with E-state index in [1.807, 2.05) is 0 Å². The molecule has 0 atom stereocenters. The average molecular weight is 324 g/mol. The van der Waals surface area contributed by atoms with Crippen molar-refractivity contribution in [2.24, 2.45) is 5.10 Å². The van der Waals surface area contributed by atoms with Crippen molar-refractivity contribution in [3.05, 3.63) is 30.3 Å². The van der Waals surface area contributed by atoms with Crippen LogP contribution in [0.25, 0.3) is 0 Å². The van der Waals surface area contributed by atoms with E-state index >= 15 is 0 Å². The van der Waals surface area contributed by atoms with Gasteiger partial charge in [0.25, 0.3) is 5.91 Å². The first kappa shape index (κ1) is 16.0. The maximum Gasteiger partial charge on any atom is 0.267 e. The molecule has 0 unspecified atom stereocenters. The molecule has 0 aliphatic carbocycles. The molecule has 8 nitrogen and oxygen atoms in total. The van der Waals surface area contributed by atoms with E-state index in [0.29, 0.717) is 5.69 Å². The summed E-state index contributed by atoms with van der Waals surface area (Å²) < 4.78 is 26.1. The van der Waals surface area contributed by atoms with Crippen LogP contribution in [-0.4, -0.2) is 38.2 Å². The summed E-state index contributed by atoms with van der Waals surface area (Å²) in [7, 11) is -3.54. The van der Waals surface area contributed by atoms with E-state index in [2.05, 4.69) is 20.6 Å². The van der Waals surface area contributed by atoms with Gasteiger partial charge in [-0.1, -0.05) is 18.2 Å². The first-order chi connectivity index (χ1) is 10.5. The van der Waals surface area contributed by atoms with Crippen molar-refractivity contribution < 1.29 is 18.0 Å². The number of nitrogens with zero attached hydrogens (tertiary/aromatic N) is 1. The largest absolute Gasteiger partial charge is 0.350 e. The third kappa shape index (κ3) is 4.85. The van der Waals surface area contributed by atoms with Crippen molar-refractivity contribution in [2.75, 3.05) is 17.0 Å². The molecule has 1 heterocycles. The number of hydrogen-bond donors (Lipinski definition) is 3. The number of hydrazone groups is 1. The van der Waals surface area contributed by atoms with Crippen molar-refractivity contribution in [1.82, 2.24) is 10.7 Å². The molecule has 118 valence electrons. The number of benzene rings is 1. The standard InChI is InChI=1S/C13H16N4O4S/c18-12-7-6-11(15-16-12)13(19)14-8-9-22(20,21)17-10-4-2-1-3-5-10/h1-5,17H,6-9H2,(H,14,19)(H,16,18). The van der Waals surface area contributed by atoms with Crippen LogP contribution in [0.4, 0.5) is 5.69 Å². The molecular formula is C13H16N4O4S. The number of para-hydroxylation sites is 1. The Hall–Kier alpha value is -2.42. The summed E-state index contributed by atoms with van der Waals surface area (Å²) >= 11 is 0. The Morgan fingerprint density at radius 1 is 1.23 bits per heavy atom. The van der Waals surface area contributed by atoms with Crippen LogP contribution in [-0.2, 0) is 19.6 Å². The fourth-order valence-corrected chi connectivity index (χ4v) is 2.74. The highest BCUT2D eigenvalue weighted by Gasteiger charge is 2.18. The molecule has 1 aliphatic rings. The van der Waals surface area contributed by atoms with E-state index in [1.54, 1.807) is 30.3 Å². The fourth-order valence-electron chi connectivity index (χ4n) is 1.78. The van der Waals surface area contributed by atoms with Crippen LogP contribution in [0.1, 0.15) is 12.8 Å². The second kappa shape index (κ2) is 7.03. The summed E-state index contributed by atoms with van der Waals surface area (Å²) in [4.78, 5) is 22.7. The normalized spacial score (nSPS) is 14.7. The first-order valence-electron chi connectivity index (χ1n) is 6.65. The monoisotopic (exact) mass is 324 g/mol. The molecule has 0 aromatic heterocycles. The summed E-state index contributed by atoms with van der Waals surface area (Å²) in [5.41, 5.74) is 2.86. The molecule has 0 spiro atoms. The number of carbonyl (C=O) groups excluding carboxylic acids is 2. The molecule has 1 aromatic carbocycles. The predicted octanol–water partition coefficient (Wildman–Crippen LogP) is -0.189. The van der Waals surface area contributed by atoms with E-state index < -0.39 is 15.9 Å². The van der Waals surface area contributed by atoms with Gasteiger partial charge in [-0.05, 0) is 12.1 Å². The first-order valence-corrected chi connectivity index (χ1v) is 8.31. The Balaban J connectivity index is 1.80. The van der Waals surface area contributed by atoms with E-state index in [0.717, 1.165) is 0 Å². The van der Waals surface area contributed by atoms with Crippen molar-refractivity contribution in [3.8, 4) is 0 Å². The van der Waals surface area contributed by atoms with E-state index in [4.69, 9.17) is 0 Å². The van der Waals surface area contributed by atoms with Gasteiger partial charge in [-0.15, -0.1) is 0 Å². The predicted molar refractivity (Wildman–Crippen MR) is 81.7 cm³/mol. The lowest BCUT2D eigenvalue weighted by Crippen LogP contribution is -2.39. The van der Waals surface area contributed by atoms with Gasteiger partial charge in [-0.2, -0.15) is 5.10 Å². The van der Waals surface area contributed by atoms with Gasteiger partial charge in [0.2, 0.25) is 15.9 Å². The lowest BCUT2D eigenvalue weighted by Gasteiger charge is -2.12. The van der Waals surface area contributed by atoms with Crippen LogP contribution in [0.2, 0.25) is 0 Å². The van der Waals surface area contributed by atoms with Crippen LogP contribution in [0.3, 0.4) is 0 Å². The van der Waals surface area contributed by atoms with Crippen molar-refractivity contribution >= 4 is 33.2 Å². The topological polar surface area (TPSA) is 117 Å². The van der Waals surface area contributed by atoms with Gasteiger partial charge in [0.05, 0.1) is 5.75 Å². The van der Waals surface area contributed by atoms with Crippen LogP contribution in [0.15, 0.2) is 35.4 Å². The third-order valence-electron chi connectivity index (χ3n) is 2.87. The van der Waals surface area contributed by atoms with Crippen molar-refractivity contribution in [2.45, 2.75) is 12.8 Å². The van der Waals surface area contributed by atoms with Gasteiger partial charge in [0.1, 0.15) is 5.71 Å². The molecule has 0 saturated carbocycles. The molecule has 2 rings (SSSR count). The molecule has 0 radical (unpaired) electrons. The highest BCUT2D eigenvalue weighted by molar-refractivity contribution is 7.92. The van der Waals surface area contributed by atoms with Crippen LogP contribution < -0.4 is 15.5 Å². The zero-order chi connectivity index (χ0) is 16.0. The second-order valence-electron chi connectivity index (χ2n) is 4.64. The zero-order valence-corrected chi connectivity index (χ0v) is 12.5. The molecule has 0 fully saturated rings. The number of anilines is 1. The number of nitrogens with one attached hydrogen (secondary N) is 3. The minimum Gasteiger partial charge on any atom is -0.350 e. The van der Waals surface area contributed by atoms with Crippen LogP contribution in [0, 0.1) is 0 Å². The van der Waals surface area contributed by atoms with Crippen molar-refractivity contribution in [3.63, 3.8) is 0 Å². The summed E-state index contributed by atoms with van der Waals surface area (Å²) in [5.74, 6) is -0.978. The molecule has 1 aromatic rings. The Morgan fingerprint density at radius 2 is 1.95 bits per heavy atom. The number of carbonyl (C=O) groups is 2. The van der Waals surface area contributed by atoms with E-state index in [-0.39, 0.29) is 36.8 Å². The highest BCUT2D eigenvalue weighted by Crippen LogP contribution is 2.07. The minimum atomic E-state index is -3.54. The summed E-state index contributed by atoms with van der Waals surface area (Å²) in [6.07, 6.45) is 0.437. The summed E-state index contributed by atoms with van der Waals surface area (Å²) in [6.45, 7) is -0.0477. The third-order valence-corrected chi connectivity index (χ3v) is 4.16. The lowest BCUT2D eigenvalue weighted by atomic mass is 10.2. The van der Waals surface area contributed by atoms with E-state index in [9.17, 15) is 18.0 Å². The quantitative estimate of drug-likeness (QED) is 0.672. The maximum atomic E-state index is 11.9. The highest BCUT2D eigenvalue weighted by atomic mass is 32.2. The Bertz CT molecular complexity index is 685. The Kier molecular flexibility index (Phi) is 5.10. The Morgan fingerprint density at radius 3 is 2.59 bits per heavy atom. The molecule has 0 saturated heterocycles. The maximum absolute atomic E-state index is 11.9. The van der Waals surface area contributed by atoms with Crippen LogP contribution >= 0.6 is 0 Å². The molecule has 1 aliphatic heterocycles. The molecule has 0 bridgehead atoms. The molecule has 9 heteroatoms.